The van der Waals surface area contributed by atoms with Gasteiger partial charge in [0.1, 0.15) is 48.7 Å². The van der Waals surface area contributed by atoms with Crippen LogP contribution in [0.1, 0.15) is 70.7 Å². The predicted octanol–water partition coefficient (Wildman–Crippen LogP) is 3.59. The van der Waals surface area contributed by atoms with E-state index in [2.05, 4.69) is 0 Å². The number of rotatable bonds is 11. The summed E-state index contributed by atoms with van der Waals surface area (Å²) in [5, 5.41) is 11.9. The molecule has 55 heavy (non-hydrogen) atoms. The first-order valence-corrected chi connectivity index (χ1v) is 18.4. The number of esters is 4. The van der Waals surface area contributed by atoms with Gasteiger partial charge in [0.2, 0.25) is 0 Å². The zero-order valence-electron chi connectivity index (χ0n) is 33.2. The third-order valence-electron chi connectivity index (χ3n) is 9.63. The highest BCUT2D eigenvalue weighted by Gasteiger charge is 2.50. The summed E-state index contributed by atoms with van der Waals surface area (Å²) in [4.78, 5) is 65.2. The number of aliphatic hydroxyl groups excluding tert-OH is 1. The molecule has 0 spiro atoms. The van der Waals surface area contributed by atoms with Gasteiger partial charge >= 0.3 is 23.9 Å². The molecule has 0 bridgehead atoms. The average molecular weight is 776 g/mol. The van der Waals surface area contributed by atoms with E-state index in [0.717, 1.165) is 0 Å². The summed E-state index contributed by atoms with van der Waals surface area (Å²) in [5.41, 5.74) is 0.264. The van der Waals surface area contributed by atoms with Crippen molar-refractivity contribution in [3.63, 3.8) is 0 Å². The molecule has 0 saturated carbocycles. The average Bonchev–Trinajstić information content (AvgIpc) is 3.11. The molecule has 0 radical (unpaired) electrons. The molecule has 0 amide bonds. The first-order valence-electron chi connectivity index (χ1n) is 18.4. The van der Waals surface area contributed by atoms with Crippen LogP contribution in [0.5, 0.6) is 5.75 Å². The summed E-state index contributed by atoms with van der Waals surface area (Å²) in [5.74, 6) is -3.08. The van der Waals surface area contributed by atoms with Crippen LogP contribution in [0.2, 0.25) is 0 Å². The smallest absolute Gasteiger partial charge is 0.338 e. The third kappa shape index (κ3) is 13.2. The topological polar surface area (TPSA) is 183 Å². The fourth-order valence-electron chi connectivity index (χ4n) is 6.99. The molecule has 12 atom stereocenters. The van der Waals surface area contributed by atoms with E-state index in [9.17, 15) is 29.1 Å². The van der Waals surface area contributed by atoms with E-state index >= 15 is 0 Å². The number of benzene rings is 1. The minimum absolute atomic E-state index is 0.100. The van der Waals surface area contributed by atoms with Crippen LogP contribution in [0, 0.1) is 11.8 Å². The number of aliphatic hydroxyl groups is 1. The summed E-state index contributed by atoms with van der Waals surface area (Å²) in [6.45, 7) is 7.72. The van der Waals surface area contributed by atoms with E-state index < -0.39 is 103 Å². The zero-order valence-corrected chi connectivity index (χ0v) is 33.2. The number of allylic oxidation sites excluding steroid dienone is 2. The molecule has 1 aromatic rings. The zero-order chi connectivity index (χ0) is 40.8. The molecule has 0 unspecified atom stereocenters. The molecule has 1 saturated heterocycles. The van der Waals surface area contributed by atoms with Gasteiger partial charge < -0.3 is 52.7 Å². The minimum Gasteiger partial charge on any atom is -0.497 e. The lowest BCUT2D eigenvalue weighted by Gasteiger charge is -2.47. The molecule has 0 aliphatic carbocycles. The van der Waals surface area contributed by atoms with E-state index in [-0.39, 0.29) is 18.4 Å². The molecule has 2 heterocycles. The minimum atomic E-state index is -1.44. The molecular formula is C40H57NO14. The number of cyclic esters (lactones) is 1. The number of methoxy groups -OCH3 is 2. The van der Waals surface area contributed by atoms with Crippen molar-refractivity contribution in [2.24, 2.45) is 11.8 Å². The predicted molar refractivity (Wildman–Crippen MR) is 198 cm³/mol. The Morgan fingerprint density at radius 3 is 2.20 bits per heavy atom. The van der Waals surface area contributed by atoms with Gasteiger partial charge in [0, 0.05) is 33.8 Å². The van der Waals surface area contributed by atoms with E-state index in [1.807, 2.05) is 6.92 Å². The Morgan fingerprint density at radius 2 is 1.62 bits per heavy atom. The van der Waals surface area contributed by atoms with Gasteiger partial charge in [-0.25, -0.2) is 4.79 Å². The normalized spacial score (nSPS) is 33.4. The van der Waals surface area contributed by atoms with Crippen molar-refractivity contribution in [2.45, 2.75) is 121 Å². The summed E-state index contributed by atoms with van der Waals surface area (Å²) in [6.07, 6.45) is -1.72. The second-order valence-corrected chi connectivity index (χ2v) is 14.2. The molecule has 1 N–H and O–H groups in total. The second-order valence-electron chi connectivity index (χ2n) is 14.2. The van der Waals surface area contributed by atoms with Gasteiger partial charge in [-0.2, -0.15) is 0 Å². The molecule has 1 fully saturated rings. The Balaban J connectivity index is 2.08. The lowest BCUT2D eigenvalue weighted by molar-refractivity contribution is -0.309. The summed E-state index contributed by atoms with van der Waals surface area (Å²) >= 11 is 0. The van der Waals surface area contributed by atoms with Crippen LogP contribution < -0.4 is 4.74 Å². The summed E-state index contributed by atoms with van der Waals surface area (Å²) in [7, 11) is 6.27. The van der Waals surface area contributed by atoms with Gasteiger partial charge in [-0.15, -0.1) is 0 Å². The molecule has 15 nitrogen and oxygen atoms in total. The van der Waals surface area contributed by atoms with Crippen LogP contribution in [0.15, 0.2) is 48.6 Å². The van der Waals surface area contributed by atoms with Crippen LogP contribution in [0.4, 0.5) is 0 Å². The number of hydrogen-bond donors (Lipinski definition) is 1. The Labute approximate surface area is 323 Å². The third-order valence-corrected chi connectivity index (χ3v) is 9.63. The standard InChI is InChI=1S/C40H57NO14/c1-23-21-29(19-20-42)37(38(49-9)32(53-27(5)44)22-33(45)50-24(2)13-11-10-12-14-31(23)52-26(4)43)55-40-35(46)34(41(6)7)36(25(3)51-40)54-39(47)28-15-17-30(48-8)18-16-28/h10-12,14-18,20,23-25,29,31-32,34-38,40,46H,13,19,21-22H2,1-9H3/b11-10+,14-12+/t23-,24-,25-,29+,31+,32-,34-,35-,36-,37+,38+,40+/m1/s1. The van der Waals surface area contributed by atoms with Gasteiger partial charge in [0.25, 0.3) is 0 Å². The van der Waals surface area contributed by atoms with Crippen LogP contribution >= 0.6 is 0 Å². The highest BCUT2D eigenvalue weighted by atomic mass is 16.7. The molecule has 2 aliphatic rings. The maximum absolute atomic E-state index is 13.3. The van der Waals surface area contributed by atoms with Crippen molar-refractivity contribution in [1.82, 2.24) is 4.90 Å². The van der Waals surface area contributed by atoms with Gasteiger partial charge in [-0.3, -0.25) is 14.4 Å². The van der Waals surface area contributed by atoms with Crippen LogP contribution in [0.3, 0.4) is 0 Å². The van der Waals surface area contributed by atoms with Crippen molar-refractivity contribution in [2.75, 3.05) is 28.3 Å². The monoisotopic (exact) mass is 775 g/mol. The van der Waals surface area contributed by atoms with Crippen molar-refractivity contribution in [1.29, 1.82) is 0 Å². The van der Waals surface area contributed by atoms with E-state index in [0.29, 0.717) is 18.5 Å². The quantitative estimate of drug-likeness (QED) is 0.195. The Bertz CT molecular complexity index is 1480. The second kappa shape index (κ2) is 21.8. The SMILES string of the molecule is COc1ccc(C(=O)O[C@H]2[C@H](N(C)C)[C@@H](O)[C@H](O[C@H]3[C@@H](CC=O)C[C@@H](C)[C@@H](OC(C)=O)/C=C/C=C/C[C@@H](C)OC(=O)C[C@@H](OC(C)=O)[C@@H]3OC)O[C@@H]2C)cc1. The summed E-state index contributed by atoms with van der Waals surface area (Å²) < 4.78 is 46.9. The van der Waals surface area contributed by atoms with Crippen LogP contribution in [0.25, 0.3) is 0 Å². The van der Waals surface area contributed by atoms with Gasteiger partial charge in [0.15, 0.2) is 6.29 Å². The molecular weight excluding hydrogens is 718 g/mol. The molecule has 306 valence electrons. The van der Waals surface area contributed by atoms with Crippen LogP contribution in [-0.2, 0) is 52.3 Å². The van der Waals surface area contributed by atoms with E-state index in [4.69, 9.17) is 37.9 Å². The molecule has 3 rings (SSSR count). The highest BCUT2D eigenvalue weighted by molar-refractivity contribution is 5.89. The molecule has 15 heteroatoms. The van der Waals surface area contributed by atoms with Crippen molar-refractivity contribution >= 4 is 30.2 Å². The van der Waals surface area contributed by atoms with E-state index in [1.54, 1.807) is 81.4 Å². The molecule has 1 aromatic carbocycles. The van der Waals surface area contributed by atoms with Crippen molar-refractivity contribution < 1.29 is 67.0 Å². The Morgan fingerprint density at radius 1 is 0.945 bits per heavy atom. The summed E-state index contributed by atoms with van der Waals surface area (Å²) in [6, 6.07) is 5.53. The van der Waals surface area contributed by atoms with Gasteiger partial charge in [-0.05, 0) is 76.5 Å². The lowest BCUT2D eigenvalue weighted by atomic mass is 9.82. The Kier molecular flexibility index (Phi) is 17.9. The molecule has 2 aliphatic heterocycles. The maximum atomic E-state index is 13.3. The first-order chi connectivity index (χ1) is 26.1. The first kappa shape index (κ1) is 45.2. The van der Waals surface area contributed by atoms with Gasteiger partial charge in [-0.1, -0.05) is 25.2 Å². The van der Waals surface area contributed by atoms with Crippen LogP contribution in [-0.4, -0.2) is 130 Å². The fourth-order valence-corrected chi connectivity index (χ4v) is 6.99. The number of hydrogen-bond acceptors (Lipinski definition) is 15. The maximum Gasteiger partial charge on any atom is 0.338 e. The lowest BCUT2D eigenvalue weighted by Crippen LogP contribution is -2.64. The van der Waals surface area contributed by atoms with Crippen molar-refractivity contribution in [3.05, 3.63) is 54.1 Å². The highest BCUT2D eigenvalue weighted by Crippen LogP contribution is 2.35. The van der Waals surface area contributed by atoms with E-state index in [1.165, 1.54) is 28.1 Å². The number of carbonyl (C=O) groups excluding carboxylic acids is 5. The van der Waals surface area contributed by atoms with Crippen molar-refractivity contribution in [3.8, 4) is 5.75 Å². The number of ether oxygens (including phenoxy) is 8. The number of carbonyl (C=O) groups is 5. The largest absolute Gasteiger partial charge is 0.497 e. The molecule has 0 aromatic heterocycles. The number of aldehydes is 1. The van der Waals surface area contributed by atoms with Gasteiger partial charge in [0.05, 0.1) is 37.3 Å². The fraction of sp³-hybridized carbons (Fsp3) is 0.625. The number of likely N-dealkylation sites (N-methyl/N-ethyl adjacent to an activating group) is 1. The Hall–Kier alpha value is -4.15. The number of nitrogens with zero attached hydrogens (tertiary/aromatic N) is 1.